The lowest BCUT2D eigenvalue weighted by molar-refractivity contribution is 0.410. The molecule has 0 fully saturated rings. The van der Waals surface area contributed by atoms with E-state index in [9.17, 15) is 0 Å². The maximum Gasteiger partial charge on any atom is 0.0412 e. The van der Waals surface area contributed by atoms with Crippen molar-refractivity contribution in [3.8, 4) is 0 Å². The number of rotatable bonds is 1. The summed E-state index contributed by atoms with van der Waals surface area (Å²) in [6.45, 7) is 11.2. The first-order valence-corrected chi connectivity index (χ1v) is 6.10. The smallest absolute Gasteiger partial charge is 0.0412 e. The molecule has 0 aromatic heterocycles. The highest BCUT2D eigenvalue weighted by Crippen LogP contribution is 2.25. The van der Waals surface area contributed by atoms with Crippen molar-refractivity contribution >= 4 is 5.69 Å². The van der Waals surface area contributed by atoms with Gasteiger partial charge >= 0.3 is 0 Å². The average molecular weight is 218 g/mol. The molecule has 1 aliphatic rings. The molecule has 0 unspecified atom stereocenters. The van der Waals surface area contributed by atoms with Gasteiger partial charge in [0.05, 0.1) is 0 Å². The Labute approximate surface area is 98.7 Å². The van der Waals surface area contributed by atoms with Gasteiger partial charge in [0.2, 0.25) is 0 Å². The Hall–Kier alpha value is -1.02. The van der Waals surface area contributed by atoms with Gasteiger partial charge in [-0.1, -0.05) is 39.0 Å². The normalized spacial score (nSPS) is 16.8. The van der Waals surface area contributed by atoms with E-state index >= 15 is 0 Å². The zero-order valence-corrected chi connectivity index (χ0v) is 10.6. The summed E-state index contributed by atoms with van der Waals surface area (Å²) < 4.78 is 0. The molecule has 1 aliphatic heterocycles. The molecular formula is C14H22N2. The molecule has 1 aromatic rings. The summed E-state index contributed by atoms with van der Waals surface area (Å²) in [7, 11) is 0. The van der Waals surface area contributed by atoms with E-state index in [1.807, 2.05) is 0 Å². The molecule has 88 valence electrons. The molecule has 0 saturated heterocycles. The predicted octanol–water partition coefficient (Wildman–Crippen LogP) is 2.64. The number of nitrogens with zero attached hydrogens (tertiary/aromatic N) is 1. The second-order valence-corrected chi connectivity index (χ2v) is 5.79. The standard InChI is InChI=1S/C14H22N2/c1-14(2,3)11-16-9-8-15-10-12-6-4-5-7-13(12)16/h4-7,15H,8-11H2,1-3H3. The Morgan fingerprint density at radius 2 is 2.00 bits per heavy atom. The number of anilines is 1. The third-order valence-corrected chi connectivity index (χ3v) is 2.87. The summed E-state index contributed by atoms with van der Waals surface area (Å²) in [5, 5.41) is 3.48. The molecule has 0 spiro atoms. The summed E-state index contributed by atoms with van der Waals surface area (Å²) in [5.74, 6) is 0. The summed E-state index contributed by atoms with van der Waals surface area (Å²) in [6, 6.07) is 8.73. The topological polar surface area (TPSA) is 15.3 Å². The molecule has 1 N–H and O–H groups in total. The van der Waals surface area contributed by atoms with E-state index in [1.54, 1.807) is 0 Å². The highest BCUT2D eigenvalue weighted by atomic mass is 15.2. The molecule has 0 aliphatic carbocycles. The number of fused-ring (bicyclic) bond motifs is 1. The highest BCUT2D eigenvalue weighted by molar-refractivity contribution is 5.54. The van der Waals surface area contributed by atoms with Crippen molar-refractivity contribution < 1.29 is 0 Å². The largest absolute Gasteiger partial charge is 0.369 e. The van der Waals surface area contributed by atoms with Gasteiger partial charge in [-0.05, 0) is 17.0 Å². The van der Waals surface area contributed by atoms with E-state index < -0.39 is 0 Å². The van der Waals surface area contributed by atoms with Crippen LogP contribution in [0, 0.1) is 5.41 Å². The van der Waals surface area contributed by atoms with Crippen molar-refractivity contribution in [2.75, 3.05) is 24.5 Å². The zero-order chi connectivity index (χ0) is 11.6. The maximum absolute atomic E-state index is 3.48. The molecule has 1 heterocycles. The lowest BCUT2D eigenvalue weighted by Gasteiger charge is -2.31. The van der Waals surface area contributed by atoms with Crippen molar-refractivity contribution in [2.45, 2.75) is 27.3 Å². The first kappa shape index (κ1) is 11.5. The Bertz CT molecular complexity index is 352. The van der Waals surface area contributed by atoms with Crippen LogP contribution in [-0.2, 0) is 6.54 Å². The first-order chi connectivity index (χ1) is 7.56. The minimum atomic E-state index is 0.345. The third kappa shape index (κ3) is 2.76. The average Bonchev–Trinajstić information content (AvgIpc) is 2.39. The quantitative estimate of drug-likeness (QED) is 0.779. The Balaban J connectivity index is 2.26. The molecule has 1 aromatic carbocycles. The van der Waals surface area contributed by atoms with Gasteiger partial charge < -0.3 is 10.2 Å². The van der Waals surface area contributed by atoms with Crippen LogP contribution in [0.4, 0.5) is 5.69 Å². The van der Waals surface area contributed by atoms with Crippen LogP contribution in [-0.4, -0.2) is 19.6 Å². The number of para-hydroxylation sites is 1. The van der Waals surface area contributed by atoms with Crippen LogP contribution in [0.1, 0.15) is 26.3 Å². The summed E-state index contributed by atoms with van der Waals surface area (Å²) in [4.78, 5) is 2.51. The fraction of sp³-hybridized carbons (Fsp3) is 0.571. The zero-order valence-electron chi connectivity index (χ0n) is 10.6. The minimum Gasteiger partial charge on any atom is -0.369 e. The summed E-state index contributed by atoms with van der Waals surface area (Å²) in [5.41, 5.74) is 3.17. The van der Waals surface area contributed by atoms with Gasteiger partial charge in [-0.3, -0.25) is 0 Å². The van der Waals surface area contributed by atoms with E-state index in [0.717, 1.165) is 26.2 Å². The van der Waals surface area contributed by atoms with Crippen molar-refractivity contribution in [3.05, 3.63) is 29.8 Å². The molecule has 2 nitrogen and oxygen atoms in total. The van der Waals surface area contributed by atoms with Crippen molar-refractivity contribution in [2.24, 2.45) is 5.41 Å². The van der Waals surface area contributed by atoms with Crippen LogP contribution >= 0.6 is 0 Å². The van der Waals surface area contributed by atoms with Gasteiger partial charge in [0.15, 0.2) is 0 Å². The number of benzene rings is 1. The van der Waals surface area contributed by atoms with Crippen molar-refractivity contribution in [1.29, 1.82) is 0 Å². The molecule has 0 atom stereocenters. The van der Waals surface area contributed by atoms with Crippen LogP contribution in [0.25, 0.3) is 0 Å². The van der Waals surface area contributed by atoms with Gasteiger partial charge in [0.1, 0.15) is 0 Å². The molecule has 0 radical (unpaired) electrons. The number of hydrogen-bond donors (Lipinski definition) is 1. The third-order valence-electron chi connectivity index (χ3n) is 2.87. The number of nitrogens with one attached hydrogen (secondary N) is 1. The van der Waals surface area contributed by atoms with Gasteiger partial charge in [-0.2, -0.15) is 0 Å². The second-order valence-electron chi connectivity index (χ2n) is 5.79. The number of hydrogen-bond acceptors (Lipinski definition) is 2. The van der Waals surface area contributed by atoms with Gasteiger partial charge in [0, 0.05) is 31.9 Å². The van der Waals surface area contributed by atoms with Crippen molar-refractivity contribution in [1.82, 2.24) is 5.32 Å². The van der Waals surface area contributed by atoms with Crippen LogP contribution < -0.4 is 10.2 Å². The Morgan fingerprint density at radius 1 is 1.25 bits per heavy atom. The van der Waals surface area contributed by atoms with Crippen molar-refractivity contribution in [3.63, 3.8) is 0 Å². The molecule has 0 amide bonds. The van der Waals surface area contributed by atoms with Crippen LogP contribution in [0.5, 0.6) is 0 Å². The first-order valence-electron chi connectivity index (χ1n) is 6.10. The van der Waals surface area contributed by atoms with Gasteiger partial charge in [-0.25, -0.2) is 0 Å². The van der Waals surface area contributed by atoms with E-state index in [1.165, 1.54) is 11.3 Å². The molecule has 2 rings (SSSR count). The van der Waals surface area contributed by atoms with Gasteiger partial charge in [-0.15, -0.1) is 0 Å². The molecular weight excluding hydrogens is 196 g/mol. The molecule has 0 saturated carbocycles. The highest BCUT2D eigenvalue weighted by Gasteiger charge is 2.20. The minimum absolute atomic E-state index is 0.345. The Kier molecular flexibility index (Phi) is 3.20. The maximum atomic E-state index is 3.48. The van der Waals surface area contributed by atoms with E-state index in [-0.39, 0.29) is 0 Å². The fourth-order valence-corrected chi connectivity index (χ4v) is 2.26. The van der Waals surface area contributed by atoms with E-state index in [0.29, 0.717) is 5.41 Å². The Morgan fingerprint density at radius 3 is 2.75 bits per heavy atom. The fourth-order valence-electron chi connectivity index (χ4n) is 2.26. The van der Waals surface area contributed by atoms with Gasteiger partial charge in [0.25, 0.3) is 0 Å². The summed E-state index contributed by atoms with van der Waals surface area (Å²) >= 11 is 0. The summed E-state index contributed by atoms with van der Waals surface area (Å²) in [6.07, 6.45) is 0. The van der Waals surface area contributed by atoms with Crippen LogP contribution in [0.2, 0.25) is 0 Å². The molecule has 2 heteroatoms. The second kappa shape index (κ2) is 4.46. The van der Waals surface area contributed by atoms with Crippen LogP contribution in [0.3, 0.4) is 0 Å². The predicted molar refractivity (Wildman–Crippen MR) is 69.8 cm³/mol. The molecule has 0 bridgehead atoms. The molecule has 16 heavy (non-hydrogen) atoms. The lowest BCUT2D eigenvalue weighted by Crippen LogP contribution is -2.35. The lowest BCUT2D eigenvalue weighted by atomic mass is 9.95. The SMILES string of the molecule is CC(C)(C)CN1CCNCc2ccccc21. The van der Waals surface area contributed by atoms with Crippen LogP contribution in [0.15, 0.2) is 24.3 Å². The van der Waals surface area contributed by atoms with E-state index in [2.05, 4.69) is 55.3 Å². The van der Waals surface area contributed by atoms with E-state index in [4.69, 9.17) is 0 Å². The monoisotopic (exact) mass is 218 g/mol.